The smallest absolute Gasteiger partial charge is 0.229 e. The average Bonchev–Trinajstić information content (AvgIpc) is 2.52. The molecule has 1 aliphatic heterocycles. The molecule has 0 aliphatic carbocycles. The topological polar surface area (TPSA) is 30.5 Å². The van der Waals surface area contributed by atoms with Crippen LogP contribution in [-0.4, -0.2) is 19.9 Å². The van der Waals surface area contributed by atoms with Gasteiger partial charge in [-0.25, -0.2) is 0 Å². The Kier molecular flexibility index (Phi) is 3.23. The average molecular weight is 157 g/mol. The van der Waals surface area contributed by atoms with Crippen LogP contribution >= 0.6 is 0 Å². The van der Waals surface area contributed by atoms with E-state index < -0.39 is 0 Å². The van der Waals surface area contributed by atoms with Crippen molar-refractivity contribution in [3.05, 3.63) is 12.0 Å². The first-order valence-electron chi connectivity index (χ1n) is 3.97. The van der Waals surface area contributed by atoms with E-state index in [0.29, 0.717) is 12.8 Å². The monoisotopic (exact) mass is 157 g/mol. The van der Waals surface area contributed by atoms with Gasteiger partial charge in [-0.3, -0.25) is 0 Å². The van der Waals surface area contributed by atoms with Crippen molar-refractivity contribution in [2.75, 3.05) is 13.8 Å². The molecule has 1 atom stereocenters. The molecule has 0 spiro atoms. The van der Waals surface area contributed by atoms with Gasteiger partial charge in [0.1, 0.15) is 12.0 Å². The SMILES string of the molecule is CCC(CC1=COCO1)NC. The molecule has 1 rings (SSSR count). The van der Waals surface area contributed by atoms with E-state index in [0.717, 1.165) is 18.6 Å². The molecule has 1 heterocycles. The molecule has 0 aromatic rings. The molecule has 64 valence electrons. The first-order chi connectivity index (χ1) is 5.36. The zero-order chi connectivity index (χ0) is 8.10. The lowest BCUT2D eigenvalue weighted by molar-refractivity contribution is 0.0764. The molecule has 0 bridgehead atoms. The van der Waals surface area contributed by atoms with Gasteiger partial charge < -0.3 is 14.8 Å². The Morgan fingerprint density at radius 3 is 3.00 bits per heavy atom. The molecule has 1 unspecified atom stereocenters. The minimum absolute atomic E-state index is 0.384. The Labute approximate surface area is 67.4 Å². The standard InChI is InChI=1S/C8H15NO2/c1-3-7(9-2)4-8-5-10-6-11-8/h5,7,9H,3-4,6H2,1-2H3. The van der Waals surface area contributed by atoms with Gasteiger partial charge in [-0.2, -0.15) is 0 Å². The quantitative estimate of drug-likeness (QED) is 0.665. The summed E-state index contributed by atoms with van der Waals surface area (Å²) in [6, 6.07) is 0.503. The normalized spacial score (nSPS) is 18.5. The predicted octanol–water partition coefficient (Wildman–Crippen LogP) is 1.22. The van der Waals surface area contributed by atoms with Crippen molar-refractivity contribution in [1.29, 1.82) is 0 Å². The summed E-state index contributed by atoms with van der Waals surface area (Å²) in [5, 5.41) is 3.20. The van der Waals surface area contributed by atoms with Crippen LogP contribution < -0.4 is 5.32 Å². The van der Waals surface area contributed by atoms with Gasteiger partial charge in [0.2, 0.25) is 6.79 Å². The number of hydrogen-bond donors (Lipinski definition) is 1. The zero-order valence-electron chi connectivity index (χ0n) is 7.09. The lowest BCUT2D eigenvalue weighted by Crippen LogP contribution is -2.24. The molecular weight excluding hydrogens is 142 g/mol. The highest BCUT2D eigenvalue weighted by molar-refractivity contribution is 4.93. The van der Waals surface area contributed by atoms with Crippen LogP contribution in [0.15, 0.2) is 12.0 Å². The summed E-state index contributed by atoms with van der Waals surface area (Å²) in [6.07, 6.45) is 3.73. The van der Waals surface area contributed by atoms with E-state index >= 15 is 0 Å². The van der Waals surface area contributed by atoms with Crippen molar-refractivity contribution in [1.82, 2.24) is 5.32 Å². The second-order valence-corrected chi connectivity index (χ2v) is 2.61. The Bertz CT molecular complexity index is 141. The van der Waals surface area contributed by atoms with Crippen molar-refractivity contribution in [3.8, 4) is 0 Å². The van der Waals surface area contributed by atoms with Crippen molar-refractivity contribution in [3.63, 3.8) is 0 Å². The molecule has 0 aromatic carbocycles. The molecule has 1 N–H and O–H groups in total. The van der Waals surface area contributed by atoms with E-state index in [1.54, 1.807) is 6.26 Å². The number of nitrogens with one attached hydrogen (secondary N) is 1. The lowest BCUT2D eigenvalue weighted by Gasteiger charge is -2.12. The highest BCUT2D eigenvalue weighted by atomic mass is 16.7. The second-order valence-electron chi connectivity index (χ2n) is 2.61. The third-order valence-electron chi connectivity index (χ3n) is 1.88. The van der Waals surface area contributed by atoms with Crippen LogP contribution in [-0.2, 0) is 9.47 Å². The number of rotatable bonds is 4. The second kappa shape index (κ2) is 4.23. The van der Waals surface area contributed by atoms with Crippen LogP contribution in [0, 0.1) is 0 Å². The minimum Gasteiger partial charge on any atom is -0.462 e. The van der Waals surface area contributed by atoms with E-state index in [1.165, 1.54) is 0 Å². The van der Waals surface area contributed by atoms with Crippen molar-refractivity contribution < 1.29 is 9.47 Å². The highest BCUT2D eigenvalue weighted by Gasteiger charge is 2.11. The third kappa shape index (κ3) is 2.42. The van der Waals surface area contributed by atoms with E-state index in [2.05, 4.69) is 12.2 Å². The Morgan fingerprint density at radius 2 is 2.55 bits per heavy atom. The highest BCUT2D eigenvalue weighted by Crippen LogP contribution is 2.14. The first kappa shape index (κ1) is 8.40. The van der Waals surface area contributed by atoms with Gasteiger partial charge >= 0.3 is 0 Å². The molecule has 0 saturated carbocycles. The molecule has 1 aliphatic rings. The Hall–Kier alpha value is -0.700. The fraction of sp³-hybridized carbons (Fsp3) is 0.750. The van der Waals surface area contributed by atoms with Crippen LogP contribution in [0.25, 0.3) is 0 Å². The molecular formula is C8H15NO2. The molecule has 0 aromatic heterocycles. The van der Waals surface area contributed by atoms with Crippen LogP contribution in [0.2, 0.25) is 0 Å². The molecule has 0 saturated heterocycles. The number of hydrogen-bond acceptors (Lipinski definition) is 3. The maximum absolute atomic E-state index is 5.19. The fourth-order valence-corrected chi connectivity index (χ4v) is 1.07. The van der Waals surface area contributed by atoms with Gasteiger partial charge in [0.25, 0.3) is 0 Å². The van der Waals surface area contributed by atoms with Crippen molar-refractivity contribution in [2.24, 2.45) is 0 Å². The summed E-state index contributed by atoms with van der Waals surface area (Å²) in [4.78, 5) is 0. The maximum atomic E-state index is 5.19. The van der Waals surface area contributed by atoms with Crippen LogP contribution in [0.3, 0.4) is 0 Å². The molecule has 11 heavy (non-hydrogen) atoms. The molecule has 0 radical (unpaired) electrons. The van der Waals surface area contributed by atoms with E-state index in [9.17, 15) is 0 Å². The molecule has 0 fully saturated rings. The predicted molar refractivity (Wildman–Crippen MR) is 42.9 cm³/mol. The van der Waals surface area contributed by atoms with E-state index in [1.807, 2.05) is 7.05 Å². The van der Waals surface area contributed by atoms with Crippen LogP contribution in [0.4, 0.5) is 0 Å². The van der Waals surface area contributed by atoms with Gasteiger partial charge in [-0.1, -0.05) is 6.92 Å². The Balaban J connectivity index is 2.27. The van der Waals surface area contributed by atoms with Gasteiger partial charge in [0.05, 0.1) is 0 Å². The number of ether oxygens (including phenoxy) is 2. The van der Waals surface area contributed by atoms with E-state index in [4.69, 9.17) is 9.47 Å². The van der Waals surface area contributed by atoms with Gasteiger partial charge in [0.15, 0.2) is 0 Å². The third-order valence-corrected chi connectivity index (χ3v) is 1.88. The molecule has 3 nitrogen and oxygen atoms in total. The summed E-state index contributed by atoms with van der Waals surface area (Å²) in [5.41, 5.74) is 0. The molecule has 3 heteroatoms. The van der Waals surface area contributed by atoms with Gasteiger partial charge in [-0.05, 0) is 13.5 Å². The largest absolute Gasteiger partial charge is 0.462 e. The van der Waals surface area contributed by atoms with Gasteiger partial charge in [-0.15, -0.1) is 0 Å². The van der Waals surface area contributed by atoms with Crippen LogP contribution in [0.5, 0.6) is 0 Å². The van der Waals surface area contributed by atoms with Gasteiger partial charge in [0, 0.05) is 12.5 Å². The van der Waals surface area contributed by atoms with Crippen molar-refractivity contribution >= 4 is 0 Å². The fourth-order valence-electron chi connectivity index (χ4n) is 1.07. The minimum atomic E-state index is 0.384. The summed E-state index contributed by atoms with van der Waals surface area (Å²) in [5.74, 6) is 0.950. The Morgan fingerprint density at radius 1 is 1.73 bits per heavy atom. The summed E-state index contributed by atoms with van der Waals surface area (Å²) >= 11 is 0. The zero-order valence-corrected chi connectivity index (χ0v) is 7.09. The summed E-state index contributed by atoms with van der Waals surface area (Å²) < 4.78 is 10.1. The summed E-state index contributed by atoms with van der Waals surface area (Å²) in [7, 11) is 1.96. The maximum Gasteiger partial charge on any atom is 0.229 e. The molecule has 0 amide bonds. The lowest BCUT2D eigenvalue weighted by atomic mass is 10.1. The first-order valence-corrected chi connectivity index (χ1v) is 3.97. The summed E-state index contributed by atoms with van der Waals surface area (Å²) in [6.45, 7) is 2.53. The van der Waals surface area contributed by atoms with Crippen LogP contribution in [0.1, 0.15) is 19.8 Å². The van der Waals surface area contributed by atoms with Crippen molar-refractivity contribution in [2.45, 2.75) is 25.8 Å². The van der Waals surface area contributed by atoms with E-state index in [-0.39, 0.29) is 0 Å².